The van der Waals surface area contributed by atoms with Gasteiger partial charge in [-0.25, -0.2) is 0 Å². The number of benzene rings is 2. The first kappa shape index (κ1) is 13.8. The fraction of sp³-hybridized carbons (Fsp3) is 0.278. The molecule has 0 saturated carbocycles. The van der Waals surface area contributed by atoms with Gasteiger partial charge in [0.15, 0.2) is 6.23 Å². The highest BCUT2D eigenvalue weighted by Crippen LogP contribution is 2.38. The predicted octanol–water partition coefficient (Wildman–Crippen LogP) is 3.15. The SMILES string of the molecule is CC(C)(Cc1ccccc1)N1C(=O)c2ccccc2C1O. The smallest absolute Gasteiger partial charge is 0.257 e. The van der Waals surface area contributed by atoms with Crippen LogP contribution in [0, 0.1) is 0 Å². The fourth-order valence-corrected chi connectivity index (χ4v) is 3.08. The molecule has 1 unspecified atom stereocenters. The number of aliphatic hydroxyl groups excluding tert-OH is 1. The van der Waals surface area contributed by atoms with Gasteiger partial charge in [-0.1, -0.05) is 48.5 Å². The highest BCUT2D eigenvalue weighted by molar-refractivity contribution is 5.99. The minimum absolute atomic E-state index is 0.0981. The lowest BCUT2D eigenvalue weighted by atomic mass is 9.93. The molecule has 0 fully saturated rings. The lowest BCUT2D eigenvalue weighted by Crippen LogP contribution is -2.47. The molecule has 0 aliphatic carbocycles. The average molecular weight is 281 g/mol. The van der Waals surface area contributed by atoms with Crippen molar-refractivity contribution in [2.75, 3.05) is 0 Å². The molecule has 1 heterocycles. The molecule has 3 heteroatoms. The monoisotopic (exact) mass is 281 g/mol. The molecule has 1 aliphatic heterocycles. The van der Waals surface area contributed by atoms with E-state index >= 15 is 0 Å². The first-order chi connectivity index (χ1) is 10.0. The zero-order chi connectivity index (χ0) is 15.0. The summed E-state index contributed by atoms with van der Waals surface area (Å²) in [4.78, 5) is 14.2. The zero-order valence-corrected chi connectivity index (χ0v) is 12.3. The third-order valence-electron chi connectivity index (χ3n) is 4.06. The van der Waals surface area contributed by atoms with E-state index < -0.39 is 11.8 Å². The number of fused-ring (bicyclic) bond motifs is 1. The second-order valence-electron chi connectivity index (χ2n) is 6.11. The van der Waals surface area contributed by atoms with E-state index in [-0.39, 0.29) is 5.91 Å². The molecule has 1 N–H and O–H groups in total. The number of rotatable bonds is 3. The summed E-state index contributed by atoms with van der Waals surface area (Å²) in [6, 6.07) is 17.3. The van der Waals surface area contributed by atoms with Crippen molar-refractivity contribution in [3.05, 3.63) is 71.3 Å². The lowest BCUT2D eigenvalue weighted by molar-refractivity contribution is -0.0283. The molecule has 0 saturated heterocycles. The van der Waals surface area contributed by atoms with E-state index in [0.717, 1.165) is 5.56 Å². The van der Waals surface area contributed by atoms with Crippen LogP contribution in [0.25, 0.3) is 0 Å². The van der Waals surface area contributed by atoms with Gasteiger partial charge in [-0.05, 0) is 31.9 Å². The highest BCUT2D eigenvalue weighted by atomic mass is 16.3. The first-order valence-corrected chi connectivity index (χ1v) is 7.15. The van der Waals surface area contributed by atoms with Crippen LogP contribution >= 0.6 is 0 Å². The summed E-state index contributed by atoms with van der Waals surface area (Å²) in [5.41, 5.74) is 1.99. The van der Waals surface area contributed by atoms with Crippen molar-refractivity contribution in [3.8, 4) is 0 Å². The number of hydrogen-bond acceptors (Lipinski definition) is 2. The van der Waals surface area contributed by atoms with Crippen LogP contribution in [0.4, 0.5) is 0 Å². The number of aliphatic hydroxyl groups is 1. The van der Waals surface area contributed by atoms with Crippen LogP contribution in [0.2, 0.25) is 0 Å². The Kier molecular flexibility index (Phi) is 3.30. The Labute approximate surface area is 124 Å². The molecular formula is C18H19NO2. The van der Waals surface area contributed by atoms with Gasteiger partial charge in [0.1, 0.15) is 0 Å². The van der Waals surface area contributed by atoms with E-state index in [1.807, 2.05) is 62.4 Å². The maximum Gasteiger partial charge on any atom is 0.257 e. The van der Waals surface area contributed by atoms with Crippen molar-refractivity contribution in [3.63, 3.8) is 0 Å². The van der Waals surface area contributed by atoms with E-state index in [0.29, 0.717) is 17.5 Å². The number of carbonyl (C=O) groups is 1. The van der Waals surface area contributed by atoms with E-state index in [2.05, 4.69) is 0 Å². The van der Waals surface area contributed by atoms with Crippen molar-refractivity contribution in [1.29, 1.82) is 0 Å². The fourth-order valence-electron chi connectivity index (χ4n) is 3.08. The molecule has 3 nitrogen and oxygen atoms in total. The van der Waals surface area contributed by atoms with Gasteiger partial charge in [0, 0.05) is 16.7 Å². The number of amides is 1. The van der Waals surface area contributed by atoms with Gasteiger partial charge in [0.05, 0.1) is 0 Å². The normalized spacial score (nSPS) is 18.0. The third-order valence-corrected chi connectivity index (χ3v) is 4.06. The molecule has 2 aromatic carbocycles. The largest absolute Gasteiger partial charge is 0.369 e. The zero-order valence-electron chi connectivity index (χ0n) is 12.3. The van der Waals surface area contributed by atoms with Crippen LogP contribution in [0.1, 0.15) is 41.6 Å². The Hall–Kier alpha value is -2.13. The second-order valence-corrected chi connectivity index (χ2v) is 6.11. The summed E-state index contributed by atoms with van der Waals surface area (Å²) >= 11 is 0. The molecule has 0 aromatic heterocycles. The molecule has 2 aromatic rings. The van der Waals surface area contributed by atoms with Gasteiger partial charge in [-0.2, -0.15) is 0 Å². The summed E-state index contributed by atoms with van der Waals surface area (Å²) in [7, 11) is 0. The summed E-state index contributed by atoms with van der Waals surface area (Å²) in [6.07, 6.45) is -0.169. The summed E-state index contributed by atoms with van der Waals surface area (Å²) < 4.78 is 0. The van der Waals surface area contributed by atoms with Crippen molar-refractivity contribution < 1.29 is 9.90 Å². The van der Waals surface area contributed by atoms with Crippen molar-refractivity contribution >= 4 is 5.91 Å². The molecule has 1 atom stereocenters. The highest BCUT2D eigenvalue weighted by Gasteiger charge is 2.43. The van der Waals surface area contributed by atoms with Gasteiger partial charge >= 0.3 is 0 Å². The van der Waals surface area contributed by atoms with Crippen LogP contribution in [-0.2, 0) is 6.42 Å². The average Bonchev–Trinajstić information content (AvgIpc) is 2.72. The Morgan fingerprint density at radius 2 is 1.67 bits per heavy atom. The van der Waals surface area contributed by atoms with E-state index in [1.165, 1.54) is 0 Å². The van der Waals surface area contributed by atoms with Gasteiger partial charge in [0.25, 0.3) is 5.91 Å². The molecule has 3 rings (SSSR count). The number of nitrogens with zero attached hydrogens (tertiary/aromatic N) is 1. The second kappa shape index (κ2) is 5.01. The van der Waals surface area contributed by atoms with Crippen LogP contribution in [0.3, 0.4) is 0 Å². The molecule has 0 bridgehead atoms. The topological polar surface area (TPSA) is 40.5 Å². The van der Waals surface area contributed by atoms with Gasteiger partial charge in [-0.3, -0.25) is 4.79 Å². The third kappa shape index (κ3) is 2.34. The standard InChI is InChI=1S/C18H19NO2/c1-18(2,12-13-8-4-3-5-9-13)19-16(20)14-10-6-7-11-15(14)17(19)21/h3-11,16,20H,12H2,1-2H3. The van der Waals surface area contributed by atoms with E-state index in [1.54, 1.807) is 11.0 Å². The van der Waals surface area contributed by atoms with Crippen molar-refractivity contribution in [1.82, 2.24) is 4.90 Å². The first-order valence-electron chi connectivity index (χ1n) is 7.15. The van der Waals surface area contributed by atoms with Crippen molar-refractivity contribution in [2.24, 2.45) is 0 Å². The van der Waals surface area contributed by atoms with Gasteiger partial charge in [0.2, 0.25) is 0 Å². The molecule has 21 heavy (non-hydrogen) atoms. The Morgan fingerprint density at radius 1 is 1.05 bits per heavy atom. The summed E-state index contributed by atoms with van der Waals surface area (Å²) in [5.74, 6) is -0.0981. The maximum atomic E-state index is 12.6. The van der Waals surface area contributed by atoms with Gasteiger partial charge in [-0.15, -0.1) is 0 Å². The molecular weight excluding hydrogens is 262 g/mol. The Balaban J connectivity index is 1.92. The minimum Gasteiger partial charge on any atom is -0.369 e. The Bertz CT molecular complexity index is 664. The molecule has 0 spiro atoms. The predicted molar refractivity (Wildman–Crippen MR) is 81.8 cm³/mol. The van der Waals surface area contributed by atoms with E-state index in [9.17, 15) is 9.90 Å². The summed E-state index contributed by atoms with van der Waals surface area (Å²) in [5, 5.41) is 10.5. The van der Waals surface area contributed by atoms with E-state index in [4.69, 9.17) is 0 Å². The van der Waals surface area contributed by atoms with Gasteiger partial charge < -0.3 is 10.0 Å². The molecule has 0 radical (unpaired) electrons. The molecule has 1 amide bonds. The Morgan fingerprint density at radius 3 is 2.33 bits per heavy atom. The van der Waals surface area contributed by atoms with Crippen molar-refractivity contribution in [2.45, 2.75) is 32.0 Å². The number of hydrogen-bond donors (Lipinski definition) is 1. The molecule has 1 aliphatic rings. The maximum absolute atomic E-state index is 12.6. The minimum atomic E-state index is -0.868. The summed E-state index contributed by atoms with van der Waals surface area (Å²) in [6.45, 7) is 3.99. The number of carbonyl (C=O) groups excluding carboxylic acids is 1. The van der Waals surface area contributed by atoms with Crippen LogP contribution in [-0.4, -0.2) is 21.5 Å². The van der Waals surface area contributed by atoms with Crippen LogP contribution in [0.5, 0.6) is 0 Å². The quantitative estimate of drug-likeness (QED) is 0.939. The molecule has 108 valence electrons. The van der Waals surface area contributed by atoms with Crippen LogP contribution in [0.15, 0.2) is 54.6 Å². The van der Waals surface area contributed by atoms with Crippen LogP contribution < -0.4 is 0 Å². The lowest BCUT2D eigenvalue weighted by Gasteiger charge is -2.38.